The molecule has 118 valence electrons. The van der Waals surface area contributed by atoms with Crippen molar-refractivity contribution in [3.63, 3.8) is 0 Å². The van der Waals surface area contributed by atoms with Crippen LogP contribution in [0.4, 0.5) is 5.13 Å². The number of rotatable bonds is 6. The second-order valence-electron chi connectivity index (χ2n) is 4.95. The third kappa shape index (κ3) is 3.78. The van der Waals surface area contributed by atoms with Crippen molar-refractivity contribution >= 4 is 22.4 Å². The van der Waals surface area contributed by atoms with Gasteiger partial charge in [-0.1, -0.05) is 24.7 Å². The molecule has 0 aliphatic rings. The highest BCUT2D eigenvalue weighted by Crippen LogP contribution is 2.18. The number of amides is 1. The zero-order valence-corrected chi connectivity index (χ0v) is 13.5. The van der Waals surface area contributed by atoms with Crippen LogP contribution >= 0.6 is 11.3 Å². The van der Waals surface area contributed by atoms with Crippen LogP contribution in [0.2, 0.25) is 0 Å². The van der Waals surface area contributed by atoms with E-state index in [1.807, 2.05) is 12.1 Å². The zero-order chi connectivity index (χ0) is 16.1. The van der Waals surface area contributed by atoms with E-state index >= 15 is 0 Å². The number of anilines is 1. The first-order chi connectivity index (χ1) is 11.3. The van der Waals surface area contributed by atoms with Crippen LogP contribution in [-0.4, -0.2) is 30.9 Å². The summed E-state index contributed by atoms with van der Waals surface area (Å²) in [5.41, 5.74) is 1.40. The van der Waals surface area contributed by atoms with E-state index in [4.69, 9.17) is 0 Å². The normalized spacial score (nSPS) is 10.7. The maximum Gasteiger partial charge on any atom is 0.257 e. The van der Waals surface area contributed by atoms with Gasteiger partial charge < -0.3 is 0 Å². The average Bonchev–Trinajstić information content (AvgIpc) is 3.25. The van der Waals surface area contributed by atoms with Gasteiger partial charge in [-0.2, -0.15) is 5.10 Å². The molecule has 0 saturated heterocycles. The molecule has 23 heavy (non-hydrogen) atoms. The fourth-order valence-electron chi connectivity index (χ4n) is 2.01. The van der Waals surface area contributed by atoms with Crippen LogP contribution in [0, 0.1) is 0 Å². The van der Waals surface area contributed by atoms with E-state index in [2.05, 4.69) is 32.5 Å². The van der Waals surface area contributed by atoms with Gasteiger partial charge in [0.05, 0.1) is 5.69 Å². The van der Waals surface area contributed by atoms with Gasteiger partial charge in [0, 0.05) is 12.0 Å². The number of nitrogens with one attached hydrogen (secondary N) is 1. The molecule has 2 aromatic heterocycles. The number of benzene rings is 1. The van der Waals surface area contributed by atoms with Crippen molar-refractivity contribution < 1.29 is 4.79 Å². The number of aromatic nitrogens is 5. The quantitative estimate of drug-likeness (QED) is 0.752. The fraction of sp³-hybridized carbons (Fsp3) is 0.267. The van der Waals surface area contributed by atoms with Crippen LogP contribution in [0.15, 0.2) is 36.9 Å². The minimum Gasteiger partial charge on any atom is -0.296 e. The van der Waals surface area contributed by atoms with E-state index in [-0.39, 0.29) is 5.91 Å². The summed E-state index contributed by atoms with van der Waals surface area (Å²) in [4.78, 5) is 16.1. The first-order valence-corrected chi connectivity index (χ1v) is 8.16. The monoisotopic (exact) mass is 328 g/mol. The van der Waals surface area contributed by atoms with Crippen molar-refractivity contribution in [2.24, 2.45) is 0 Å². The van der Waals surface area contributed by atoms with Crippen LogP contribution < -0.4 is 5.32 Å². The molecule has 1 N–H and O–H groups in total. The highest BCUT2D eigenvalue weighted by Gasteiger charge is 2.10. The van der Waals surface area contributed by atoms with Gasteiger partial charge in [0.25, 0.3) is 5.91 Å². The Morgan fingerprint density at radius 1 is 1.26 bits per heavy atom. The Labute approximate surface area is 137 Å². The van der Waals surface area contributed by atoms with Gasteiger partial charge in [0.1, 0.15) is 17.7 Å². The van der Waals surface area contributed by atoms with Crippen molar-refractivity contribution in [3.05, 3.63) is 47.5 Å². The second-order valence-corrected chi connectivity index (χ2v) is 6.01. The summed E-state index contributed by atoms with van der Waals surface area (Å²) in [6.45, 7) is 2.13. The molecule has 0 unspecified atom stereocenters. The molecule has 3 aromatic rings. The average molecular weight is 328 g/mol. The predicted octanol–water partition coefficient (Wildman–Crippen LogP) is 2.71. The maximum atomic E-state index is 12.2. The van der Waals surface area contributed by atoms with E-state index in [1.54, 1.807) is 23.1 Å². The molecule has 1 aromatic carbocycles. The first-order valence-electron chi connectivity index (χ1n) is 7.35. The summed E-state index contributed by atoms with van der Waals surface area (Å²) < 4.78 is 1.63. The number of unbranched alkanes of at least 4 members (excludes halogenated alkanes) is 1. The van der Waals surface area contributed by atoms with E-state index in [0.29, 0.717) is 10.7 Å². The van der Waals surface area contributed by atoms with Gasteiger partial charge in [0.2, 0.25) is 5.13 Å². The van der Waals surface area contributed by atoms with Crippen LogP contribution in [0.5, 0.6) is 0 Å². The molecule has 0 aliphatic heterocycles. The first kappa shape index (κ1) is 15.3. The Hall–Kier alpha value is -2.61. The Kier molecular flexibility index (Phi) is 4.72. The minimum absolute atomic E-state index is 0.201. The summed E-state index contributed by atoms with van der Waals surface area (Å²) in [7, 11) is 0. The molecule has 0 aliphatic carbocycles. The third-order valence-electron chi connectivity index (χ3n) is 3.24. The summed E-state index contributed by atoms with van der Waals surface area (Å²) in [5, 5.41) is 16.4. The molecular weight excluding hydrogens is 312 g/mol. The van der Waals surface area contributed by atoms with Crippen molar-refractivity contribution in [1.82, 2.24) is 25.0 Å². The molecule has 1 amide bonds. The van der Waals surface area contributed by atoms with E-state index < -0.39 is 0 Å². The number of carbonyl (C=O) groups is 1. The van der Waals surface area contributed by atoms with Gasteiger partial charge in [-0.3, -0.25) is 10.1 Å². The lowest BCUT2D eigenvalue weighted by Crippen LogP contribution is -2.11. The molecule has 7 nitrogen and oxygen atoms in total. The number of hydrogen-bond acceptors (Lipinski definition) is 6. The summed E-state index contributed by atoms with van der Waals surface area (Å²) in [5.74, 6) is -0.201. The fourth-order valence-corrected chi connectivity index (χ4v) is 2.79. The third-order valence-corrected chi connectivity index (χ3v) is 4.14. The smallest absolute Gasteiger partial charge is 0.257 e. The lowest BCUT2D eigenvalue weighted by Gasteiger charge is -2.03. The van der Waals surface area contributed by atoms with Gasteiger partial charge in [0.15, 0.2) is 0 Å². The summed E-state index contributed by atoms with van der Waals surface area (Å²) in [6.07, 6.45) is 6.16. The van der Waals surface area contributed by atoms with Crippen LogP contribution in [0.1, 0.15) is 35.1 Å². The number of nitrogens with zero attached hydrogens (tertiary/aromatic N) is 5. The number of aryl methyl sites for hydroxylation is 1. The van der Waals surface area contributed by atoms with Crippen molar-refractivity contribution in [2.75, 3.05) is 5.32 Å². The summed E-state index contributed by atoms with van der Waals surface area (Å²) in [6, 6.07) is 7.11. The second kappa shape index (κ2) is 7.10. The standard InChI is InChI=1S/C15H16N6OS/c1-2-3-4-13-19-20-15(23-13)18-14(22)11-5-7-12(8-6-11)21-10-16-9-17-21/h5-10H,2-4H2,1H3,(H,18,20,22). The minimum atomic E-state index is -0.201. The van der Waals surface area contributed by atoms with Crippen LogP contribution in [0.25, 0.3) is 5.69 Å². The van der Waals surface area contributed by atoms with Crippen molar-refractivity contribution in [2.45, 2.75) is 26.2 Å². The molecule has 0 saturated carbocycles. The number of hydrogen-bond donors (Lipinski definition) is 1. The predicted molar refractivity (Wildman–Crippen MR) is 87.8 cm³/mol. The highest BCUT2D eigenvalue weighted by molar-refractivity contribution is 7.15. The highest BCUT2D eigenvalue weighted by atomic mass is 32.1. The van der Waals surface area contributed by atoms with Gasteiger partial charge >= 0.3 is 0 Å². The zero-order valence-electron chi connectivity index (χ0n) is 12.6. The van der Waals surface area contributed by atoms with Gasteiger partial charge in [-0.05, 0) is 30.7 Å². The lowest BCUT2D eigenvalue weighted by molar-refractivity contribution is 0.102. The molecule has 2 heterocycles. The Bertz CT molecular complexity index is 766. The van der Waals surface area contributed by atoms with Crippen LogP contribution in [-0.2, 0) is 6.42 Å². The summed E-state index contributed by atoms with van der Waals surface area (Å²) >= 11 is 1.42. The molecule has 0 spiro atoms. The SMILES string of the molecule is CCCCc1nnc(NC(=O)c2ccc(-n3cncn3)cc2)s1. The molecule has 3 rings (SSSR count). The number of carbonyl (C=O) groups excluding carboxylic acids is 1. The van der Waals surface area contributed by atoms with Gasteiger partial charge in [-0.15, -0.1) is 10.2 Å². The molecule has 0 radical (unpaired) electrons. The van der Waals surface area contributed by atoms with Gasteiger partial charge in [-0.25, -0.2) is 9.67 Å². The maximum absolute atomic E-state index is 12.2. The van der Waals surface area contributed by atoms with E-state index in [0.717, 1.165) is 30.0 Å². The molecule has 8 heteroatoms. The Morgan fingerprint density at radius 2 is 2.09 bits per heavy atom. The van der Waals surface area contributed by atoms with Crippen molar-refractivity contribution in [3.8, 4) is 5.69 Å². The molecule has 0 bridgehead atoms. The Balaban J connectivity index is 1.65. The molecule has 0 atom stereocenters. The van der Waals surface area contributed by atoms with Crippen LogP contribution in [0.3, 0.4) is 0 Å². The molecular formula is C15H16N6OS. The van der Waals surface area contributed by atoms with E-state index in [9.17, 15) is 4.79 Å². The lowest BCUT2D eigenvalue weighted by atomic mass is 10.2. The molecule has 0 fully saturated rings. The Morgan fingerprint density at radius 3 is 2.78 bits per heavy atom. The van der Waals surface area contributed by atoms with Crippen molar-refractivity contribution in [1.29, 1.82) is 0 Å². The largest absolute Gasteiger partial charge is 0.296 e. The topological polar surface area (TPSA) is 85.6 Å². The van der Waals surface area contributed by atoms with E-state index in [1.165, 1.54) is 17.7 Å².